The van der Waals surface area contributed by atoms with E-state index in [1.54, 1.807) is 6.07 Å². The predicted octanol–water partition coefficient (Wildman–Crippen LogP) is 9.68. The summed E-state index contributed by atoms with van der Waals surface area (Å²) < 4.78 is 15.9. The van der Waals surface area contributed by atoms with Gasteiger partial charge in [0.05, 0.1) is 30.5 Å². The Morgan fingerprint density at radius 3 is 2.00 bits per heavy atom. The molecule has 0 aromatic heterocycles. The number of hydrogen-bond donors (Lipinski definition) is 1. The molecular formula is C36H52N6O4. The number of nitrogens with zero attached hydrogens (tertiary/aromatic N) is 5. The van der Waals surface area contributed by atoms with E-state index in [0.29, 0.717) is 42.2 Å². The van der Waals surface area contributed by atoms with Crippen molar-refractivity contribution in [1.29, 1.82) is 10.5 Å². The molecule has 0 heterocycles. The van der Waals surface area contributed by atoms with Crippen molar-refractivity contribution in [2.24, 2.45) is 22.1 Å². The molecule has 250 valence electrons. The first-order chi connectivity index (χ1) is 22.4. The molecule has 0 spiro atoms. The molecule has 2 aromatic carbocycles. The molecule has 10 nitrogen and oxygen atoms in total. The Bertz CT molecular complexity index is 1280. The van der Waals surface area contributed by atoms with Crippen molar-refractivity contribution in [1.82, 2.24) is 0 Å². The van der Waals surface area contributed by atoms with Crippen molar-refractivity contribution in [3.63, 3.8) is 0 Å². The van der Waals surface area contributed by atoms with E-state index in [-0.39, 0.29) is 23.4 Å². The Morgan fingerprint density at radius 1 is 0.891 bits per heavy atom. The normalized spacial score (nSPS) is 12.3. The second kappa shape index (κ2) is 21.6. The lowest BCUT2D eigenvalue weighted by Crippen LogP contribution is -2.34. The summed E-state index contributed by atoms with van der Waals surface area (Å²) in [5.74, 6) is 1.48. The number of benzene rings is 2. The molecule has 0 fully saturated rings. The lowest BCUT2D eigenvalue weighted by Gasteiger charge is -2.33. The Labute approximate surface area is 275 Å². The first-order valence-electron chi connectivity index (χ1n) is 16.7. The summed E-state index contributed by atoms with van der Waals surface area (Å²) in [4.78, 5) is 14.9. The number of hydrogen-bond acceptors (Lipinski definition) is 9. The van der Waals surface area contributed by atoms with Crippen molar-refractivity contribution in [3.05, 3.63) is 41.5 Å². The van der Waals surface area contributed by atoms with Crippen LogP contribution in [-0.2, 0) is 9.47 Å². The summed E-state index contributed by atoms with van der Waals surface area (Å²) in [5.41, 5.74) is 2.20. The second-order valence-corrected chi connectivity index (χ2v) is 11.4. The molecule has 46 heavy (non-hydrogen) atoms. The van der Waals surface area contributed by atoms with Crippen LogP contribution in [0.4, 0.5) is 27.5 Å². The van der Waals surface area contributed by atoms with E-state index in [1.165, 1.54) is 57.8 Å². The van der Waals surface area contributed by atoms with Gasteiger partial charge in [-0.05, 0) is 49.8 Å². The number of carbonyl (C=O) groups is 1. The van der Waals surface area contributed by atoms with Gasteiger partial charge in [-0.15, -0.1) is 10.2 Å². The summed E-state index contributed by atoms with van der Waals surface area (Å²) in [6.07, 6.45) is 8.65. The average molecular weight is 633 g/mol. The maximum Gasteiger partial charge on any atom is 0.411 e. The summed E-state index contributed by atoms with van der Waals surface area (Å²) in [6.45, 7) is 13.9. The molecule has 2 atom stereocenters. The zero-order valence-corrected chi connectivity index (χ0v) is 28.6. The van der Waals surface area contributed by atoms with Gasteiger partial charge < -0.3 is 19.1 Å². The SMILES string of the molecule is CCCCC(CC)CN(CC(CC)CCCC)c1ccc(N=Nc2c(C#N)cc(OCCOCC)cc2C#N)c(NC(=O)OC)c1. The highest BCUT2D eigenvalue weighted by Gasteiger charge is 2.20. The fourth-order valence-corrected chi connectivity index (χ4v) is 5.25. The van der Waals surface area contributed by atoms with Crippen LogP contribution in [0.15, 0.2) is 40.6 Å². The largest absolute Gasteiger partial charge is 0.491 e. The summed E-state index contributed by atoms with van der Waals surface area (Å²) in [6, 6.07) is 13.0. The molecule has 0 saturated heterocycles. The maximum absolute atomic E-state index is 12.4. The molecule has 0 bridgehead atoms. The van der Waals surface area contributed by atoms with Crippen LogP contribution in [0.2, 0.25) is 0 Å². The van der Waals surface area contributed by atoms with Gasteiger partial charge in [0, 0.05) is 37.5 Å². The molecule has 2 rings (SSSR count). The van der Waals surface area contributed by atoms with Crippen molar-refractivity contribution >= 4 is 28.8 Å². The molecule has 0 saturated carbocycles. The first kappa shape index (κ1) is 38.0. The third-order valence-corrected chi connectivity index (χ3v) is 8.09. The Balaban J connectivity index is 2.52. The van der Waals surface area contributed by atoms with E-state index in [9.17, 15) is 15.3 Å². The summed E-state index contributed by atoms with van der Waals surface area (Å²) >= 11 is 0. The van der Waals surface area contributed by atoms with Gasteiger partial charge in [0.1, 0.15) is 35.9 Å². The molecule has 0 aliphatic heterocycles. The highest BCUT2D eigenvalue weighted by molar-refractivity contribution is 5.90. The number of unbranched alkanes of at least 4 members (excludes halogenated alkanes) is 2. The summed E-state index contributed by atoms with van der Waals surface area (Å²) in [5, 5.41) is 31.2. The highest BCUT2D eigenvalue weighted by Crippen LogP contribution is 2.36. The fraction of sp³-hybridized carbons (Fsp3) is 0.583. The zero-order valence-electron chi connectivity index (χ0n) is 28.6. The molecule has 0 aliphatic rings. The van der Waals surface area contributed by atoms with Crippen molar-refractivity contribution in [2.45, 2.75) is 86.0 Å². The Morgan fingerprint density at radius 2 is 1.50 bits per heavy atom. The number of amides is 1. The zero-order chi connectivity index (χ0) is 33.7. The van der Waals surface area contributed by atoms with Gasteiger partial charge in [-0.3, -0.25) is 5.32 Å². The van der Waals surface area contributed by atoms with Crippen LogP contribution in [0.1, 0.15) is 97.1 Å². The molecule has 1 amide bonds. The lowest BCUT2D eigenvalue weighted by molar-refractivity contribution is 0.110. The van der Waals surface area contributed by atoms with Crippen molar-refractivity contribution in [3.8, 4) is 17.9 Å². The van der Waals surface area contributed by atoms with Crippen molar-refractivity contribution < 1.29 is 19.0 Å². The van der Waals surface area contributed by atoms with Crippen molar-refractivity contribution in [2.75, 3.05) is 50.2 Å². The molecule has 2 aromatic rings. The number of azo groups is 1. The van der Waals surface area contributed by atoms with Gasteiger partial charge in [-0.1, -0.05) is 66.2 Å². The number of nitriles is 2. The van der Waals surface area contributed by atoms with Crippen LogP contribution >= 0.6 is 0 Å². The fourth-order valence-electron chi connectivity index (χ4n) is 5.25. The van der Waals surface area contributed by atoms with Crippen LogP contribution in [-0.4, -0.2) is 46.1 Å². The van der Waals surface area contributed by atoms with Gasteiger partial charge in [-0.25, -0.2) is 4.79 Å². The third kappa shape index (κ3) is 12.3. The smallest absolute Gasteiger partial charge is 0.411 e. The van der Waals surface area contributed by atoms with Crippen LogP contribution < -0.4 is 15.0 Å². The van der Waals surface area contributed by atoms with Crippen LogP contribution in [0.25, 0.3) is 0 Å². The second-order valence-electron chi connectivity index (χ2n) is 11.4. The van der Waals surface area contributed by atoms with Crippen LogP contribution in [0.5, 0.6) is 5.75 Å². The average Bonchev–Trinajstić information content (AvgIpc) is 3.08. The Kier molecular flexibility index (Phi) is 17.8. The van der Waals surface area contributed by atoms with Crippen LogP contribution in [0.3, 0.4) is 0 Å². The maximum atomic E-state index is 12.4. The van der Waals surface area contributed by atoms with Gasteiger partial charge >= 0.3 is 6.09 Å². The Hall–Kier alpha value is -4.15. The third-order valence-electron chi connectivity index (χ3n) is 8.09. The van der Waals surface area contributed by atoms with Gasteiger partial charge in [-0.2, -0.15) is 10.5 Å². The topological polar surface area (TPSA) is 132 Å². The quantitative estimate of drug-likeness (QED) is 0.107. The van der Waals surface area contributed by atoms with Gasteiger partial charge in [0.25, 0.3) is 0 Å². The molecule has 10 heteroatoms. The van der Waals surface area contributed by atoms with Gasteiger partial charge in [0.15, 0.2) is 0 Å². The first-order valence-corrected chi connectivity index (χ1v) is 16.7. The number of methoxy groups -OCH3 is 1. The minimum Gasteiger partial charge on any atom is -0.491 e. The van der Waals surface area contributed by atoms with E-state index in [1.807, 2.05) is 19.1 Å². The standard InChI is InChI=1S/C36H52N6O4/c1-7-12-14-27(9-3)25-42(26-28(10-4)15-13-8-2)31-16-17-33(34(22-31)39-36(43)44-6)40-41-35-29(23-37)20-32(21-30(35)24-38)46-19-18-45-11-5/h16-17,20-22,27-28H,7-15,18-19,25-26H2,1-6H3,(H,39,43). The number of nitrogens with one attached hydrogen (secondary N) is 1. The van der Waals surface area contributed by atoms with E-state index in [0.717, 1.165) is 31.6 Å². The number of anilines is 2. The van der Waals surface area contributed by atoms with E-state index < -0.39 is 6.09 Å². The minimum absolute atomic E-state index is 0.125. The van der Waals surface area contributed by atoms with E-state index in [4.69, 9.17) is 14.2 Å². The predicted molar refractivity (Wildman–Crippen MR) is 183 cm³/mol. The van der Waals surface area contributed by atoms with E-state index in [2.05, 4.69) is 60.3 Å². The summed E-state index contributed by atoms with van der Waals surface area (Å²) in [7, 11) is 1.31. The lowest BCUT2D eigenvalue weighted by atomic mass is 9.95. The van der Waals surface area contributed by atoms with Gasteiger partial charge in [0.2, 0.25) is 0 Å². The van der Waals surface area contributed by atoms with Crippen LogP contribution in [0, 0.1) is 34.5 Å². The number of rotatable bonds is 21. The molecular weight excluding hydrogens is 580 g/mol. The minimum atomic E-state index is -0.632. The molecule has 0 radical (unpaired) electrons. The molecule has 0 aliphatic carbocycles. The van der Waals surface area contributed by atoms with E-state index >= 15 is 0 Å². The molecule has 2 unspecified atom stereocenters. The number of ether oxygens (including phenoxy) is 3. The number of carbonyl (C=O) groups excluding carboxylic acids is 1. The monoisotopic (exact) mass is 632 g/mol. The molecule has 1 N–H and O–H groups in total. The highest BCUT2D eigenvalue weighted by atomic mass is 16.5.